The third kappa shape index (κ3) is 30.2. The van der Waals surface area contributed by atoms with E-state index in [4.69, 9.17) is 26.4 Å². The van der Waals surface area contributed by atoms with Gasteiger partial charge in [0.25, 0.3) is 0 Å². The van der Waals surface area contributed by atoms with Crippen LogP contribution in [0.25, 0.3) is 0 Å². The largest absolute Gasteiger partial charge is 0.469 e. The monoisotopic (exact) mass is 454 g/mol. The number of phosphoric acid groups is 1. The van der Waals surface area contributed by atoms with Crippen molar-refractivity contribution in [2.24, 2.45) is 11.5 Å². The molecule has 0 saturated carbocycles. The zero-order valence-corrected chi connectivity index (χ0v) is 20.6. The van der Waals surface area contributed by atoms with Crippen molar-refractivity contribution < 1.29 is 24.0 Å². The van der Waals surface area contributed by atoms with Crippen LogP contribution < -0.4 is 11.5 Å². The molecule has 7 N–H and O–H groups in total. The van der Waals surface area contributed by atoms with Crippen molar-refractivity contribution in [3.05, 3.63) is 0 Å². The number of rotatable bonds is 20. The highest BCUT2D eigenvalue weighted by Gasteiger charge is 2.12. The van der Waals surface area contributed by atoms with Crippen molar-refractivity contribution in [2.75, 3.05) is 13.2 Å². The normalized spacial score (nSPS) is 12.0. The molecule has 0 aliphatic heterocycles. The molecule has 30 heavy (non-hydrogen) atoms. The number of aliphatic hydroxyl groups excluding tert-OH is 1. The van der Waals surface area contributed by atoms with Gasteiger partial charge in [0, 0.05) is 0 Å². The summed E-state index contributed by atoms with van der Waals surface area (Å²) >= 11 is 0. The molecule has 0 unspecified atom stereocenters. The van der Waals surface area contributed by atoms with Gasteiger partial charge in [0.1, 0.15) is 0 Å². The molecule has 0 fully saturated rings. The molecule has 0 saturated heterocycles. The van der Waals surface area contributed by atoms with E-state index in [-0.39, 0.29) is 13.2 Å². The number of unbranched alkanes of at least 4 members (excludes halogenated alkanes) is 15. The molecule has 0 radical (unpaired) electrons. The molecule has 0 heterocycles. The van der Waals surface area contributed by atoms with Gasteiger partial charge in [-0.05, 0) is 12.8 Å². The number of aliphatic hydroxyl groups is 1. The first kappa shape index (κ1) is 32.2. The predicted octanol–water partition coefficient (Wildman–Crippen LogP) is 5.36. The van der Waals surface area contributed by atoms with Gasteiger partial charge in [-0.25, -0.2) is 4.57 Å². The molecule has 0 amide bonds. The summed E-state index contributed by atoms with van der Waals surface area (Å²) in [6.07, 6.45) is 21.3. The number of hydrogen-bond donors (Lipinski definition) is 5. The van der Waals surface area contributed by atoms with Gasteiger partial charge in [-0.3, -0.25) is 4.52 Å². The highest BCUT2D eigenvalue weighted by molar-refractivity contribution is 7.46. The highest BCUT2D eigenvalue weighted by Crippen LogP contribution is 2.35. The molecule has 0 atom stereocenters. The van der Waals surface area contributed by atoms with Crippen molar-refractivity contribution in [2.45, 2.75) is 129 Å². The second kappa shape index (κ2) is 22.2. The standard InChI is InChI=1S/C18H39O4P.C4H12N2O/c1-2-3-4-5-6-7-8-9-10-11-12-13-14-15-16-17-18-22-23(19,20)21;1-2-4(5,6)3-7/h2-18H2,1H3,(H2,19,20,21);7H,2-3,5-6H2,1H3. The van der Waals surface area contributed by atoms with Gasteiger partial charge in [0.15, 0.2) is 0 Å². The summed E-state index contributed by atoms with van der Waals surface area (Å²) in [7, 11) is -4.26. The molecule has 8 heteroatoms. The van der Waals surface area contributed by atoms with Gasteiger partial charge < -0.3 is 26.4 Å². The Labute approximate surface area is 185 Å². The third-order valence-electron chi connectivity index (χ3n) is 5.21. The zero-order chi connectivity index (χ0) is 23.1. The van der Waals surface area contributed by atoms with Crippen molar-refractivity contribution in [1.29, 1.82) is 0 Å². The van der Waals surface area contributed by atoms with Gasteiger partial charge >= 0.3 is 7.82 Å². The molecule has 0 aromatic heterocycles. The van der Waals surface area contributed by atoms with E-state index in [9.17, 15) is 4.57 Å². The fraction of sp³-hybridized carbons (Fsp3) is 1.00. The van der Waals surface area contributed by atoms with Crippen LogP contribution in [0.15, 0.2) is 0 Å². The van der Waals surface area contributed by atoms with Crippen LogP contribution in [0.3, 0.4) is 0 Å². The Kier molecular flexibility index (Phi) is 23.8. The predicted molar refractivity (Wildman–Crippen MR) is 126 cm³/mol. The van der Waals surface area contributed by atoms with Crippen LogP contribution in [0.2, 0.25) is 0 Å². The molecule has 0 bridgehead atoms. The van der Waals surface area contributed by atoms with Crippen LogP contribution in [0.4, 0.5) is 0 Å². The first-order valence-electron chi connectivity index (χ1n) is 12.1. The van der Waals surface area contributed by atoms with Gasteiger partial charge in [-0.15, -0.1) is 0 Å². The fourth-order valence-electron chi connectivity index (χ4n) is 2.95. The van der Waals surface area contributed by atoms with Crippen molar-refractivity contribution >= 4 is 7.82 Å². The maximum Gasteiger partial charge on any atom is 0.469 e. The van der Waals surface area contributed by atoms with E-state index in [0.717, 1.165) is 19.3 Å². The minimum atomic E-state index is -4.26. The SMILES string of the molecule is CCC(N)(N)CO.CCCCCCCCCCCCCCCCCCOP(=O)(O)O. The molecule has 0 aromatic carbocycles. The summed E-state index contributed by atoms with van der Waals surface area (Å²) in [6.45, 7) is 4.11. The zero-order valence-electron chi connectivity index (χ0n) is 19.7. The smallest absolute Gasteiger partial charge is 0.393 e. The number of phosphoric ester groups is 1. The average molecular weight is 455 g/mol. The van der Waals surface area contributed by atoms with Crippen LogP contribution in [-0.2, 0) is 9.09 Å². The van der Waals surface area contributed by atoms with E-state index in [1.165, 1.54) is 83.5 Å². The van der Waals surface area contributed by atoms with E-state index < -0.39 is 13.5 Å². The second-order valence-electron chi connectivity index (χ2n) is 8.37. The topological polar surface area (TPSA) is 139 Å². The van der Waals surface area contributed by atoms with E-state index in [2.05, 4.69) is 11.4 Å². The van der Waals surface area contributed by atoms with Crippen molar-refractivity contribution in [1.82, 2.24) is 0 Å². The van der Waals surface area contributed by atoms with E-state index >= 15 is 0 Å². The molecule has 184 valence electrons. The summed E-state index contributed by atoms with van der Waals surface area (Å²) in [5.41, 5.74) is 9.62. The molecule has 0 aromatic rings. The van der Waals surface area contributed by atoms with Crippen molar-refractivity contribution in [3.63, 3.8) is 0 Å². The van der Waals surface area contributed by atoms with Crippen LogP contribution in [0.5, 0.6) is 0 Å². The Balaban J connectivity index is 0. The number of nitrogens with two attached hydrogens (primary N) is 2. The Morgan fingerprint density at radius 1 is 0.700 bits per heavy atom. The van der Waals surface area contributed by atoms with E-state index in [0.29, 0.717) is 6.42 Å². The van der Waals surface area contributed by atoms with Crippen LogP contribution in [0, 0.1) is 0 Å². The average Bonchev–Trinajstić information content (AvgIpc) is 2.70. The number of hydrogen-bond acceptors (Lipinski definition) is 5. The summed E-state index contributed by atoms with van der Waals surface area (Å²) in [6, 6.07) is 0. The summed E-state index contributed by atoms with van der Waals surface area (Å²) < 4.78 is 14.9. The summed E-state index contributed by atoms with van der Waals surface area (Å²) in [5, 5.41) is 8.34. The first-order chi connectivity index (χ1) is 14.2. The fourth-order valence-corrected chi connectivity index (χ4v) is 3.31. The Morgan fingerprint density at radius 2 is 1.03 bits per heavy atom. The van der Waals surface area contributed by atoms with Gasteiger partial charge in [-0.1, -0.05) is 110 Å². The first-order valence-corrected chi connectivity index (χ1v) is 13.6. The van der Waals surface area contributed by atoms with Gasteiger partial charge in [0.2, 0.25) is 0 Å². The van der Waals surface area contributed by atoms with Crippen LogP contribution in [0.1, 0.15) is 123 Å². The lowest BCUT2D eigenvalue weighted by Crippen LogP contribution is -2.51. The van der Waals surface area contributed by atoms with E-state index in [1.54, 1.807) is 0 Å². The van der Waals surface area contributed by atoms with Gasteiger partial charge in [-0.2, -0.15) is 0 Å². The maximum absolute atomic E-state index is 10.5. The summed E-state index contributed by atoms with van der Waals surface area (Å²) in [4.78, 5) is 17.1. The quantitative estimate of drug-likeness (QED) is 0.0947. The highest BCUT2D eigenvalue weighted by atomic mass is 31.2. The van der Waals surface area contributed by atoms with Crippen LogP contribution >= 0.6 is 7.82 Å². The van der Waals surface area contributed by atoms with Crippen LogP contribution in [-0.4, -0.2) is 33.8 Å². The molecular formula is C22H51N2O5P. The maximum atomic E-state index is 10.5. The van der Waals surface area contributed by atoms with E-state index in [1.807, 2.05) is 6.92 Å². The van der Waals surface area contributed by atoms with Gasteiger partial charge in [0.05, 0.1) is 18.9 Å². The Morgan fingerprint density at radius 3 is 1.27 bits per heavy atom. The summed E-state index contributed by atoms with van der Waals surface area (Å²) in [5.74, 6) is 0. The minimum Gasteiger partial charge on any atom is -0.393 e. The minimum absolute atomic E-state index is 0.149. The Hall–Kier alpha value is -0.0100. The molecular weight excluding hydrogens is 403 g/mol. The lowest BCUT2D eigenvalue weighted by molar-refractivity contribution is 0.193. The molecule has 0 aliphatic rings. The Bertz CT molecular complexity index is 386. The molecule has 0 spiro atoms. The molecule has 0 aliphatic carbocycles. The molecule has 0 rings (SSSR count). The van der Waals surface area contributed by atoms with Crippen molar-refractivity contribution in [3.8, 4) is 0 Å². The second-order valence-corrected chi connectivity index (χ2v) is 9.61. The lowest BCUT2D eigenvalue weighted by Gasteiger charge is -2.17. The lowest BCUT2D eigenvalue weighted by atomic mass is 10.0. The molecule has 7 nitrogen and oxygen atoms in total. The third-order valence-corrected chi connectivity index (χ3v) is 5.73.